The highest BCUT2D eigenvalue weighted by molar-refractivity contribution is 6.31. The number of carbonyl (C=O) groups excluding carboxylic acids is 3. The third-order valence-corrected chi connectivity index (χ3v) is 3.55. The van der Waals surface area contributed by atoms with Crippen LogP contribution in [0.5, 0.6) is 11.5 Å². The third-order valence-electron chi connectivity index (χ3n) is 3.32. The summed E-state index contributed by atoms with van der Waals surface area (Å²) >= 11 is 5.84. The van der Waals surface area contributed by atoms with Crippen molar-refractivity contribution < 1.29 is 28.6 Å². The minimum atomic E-state index is -0.805. The van der Waals surface area contributed by atoms with Crippen molar-refractivity contribution in [1.82, 2.24) is 5.32 Å². The van der Waals surface area contributed by atoms with Crippen molar-refractivity contribution in [2.24, 2.45) is 0 Å². The monoisotopic (exact) mass is 392 g/mol. The smallest absolute Gasteiger partial charge is 0.342 e. The molecule has 0 saturated carbocycles. The van der Waals surface area contributed by atoms with Gasteiger partial charge < -0.3 is 19.5 Å². The van der Waals surface area contributed by atoms with Crippen molar-refractivity contribution in [1.29, 1.82) is 0 Å². The molecule has 0 aliphatic rings. The topological polar surface area (TPSA) is 103 Å². The predicted molar refractivity (Wildman–Crippen MR) is 98.4 cm³/mol. The summed E-state index contributed by atoms with van der Waals surface area (Å²) in [6.45, 7) is -0.648. The lowest BCUT2D eigenvalue weighted by Crippen LogP contribution is -2.37. The highest BCUT2D eigenvalue weighted by Gasteiger charge is 2.17. The lowest BCUT2D eigenvalue weighted by Gasteiger charge is -2.10. The zero-order valence-corrected chi connectivity index (χ0v) is 15.3. The van der Waals surface area contributed by atoms with Crippen molar-refractivity contribution >= 4 is 35.2 Å². The van der Waals surface area contributed by atoms with Gasteiger partial charge in [-0.15, -0.1) is 0 Å². The zero-order chi connectivity index (χ0) is 19.8. The second-order valence-electron chi connectivity index (χ2n) is 5.15. The summed E-state index contributed by atoms with van der Waals surface area (Å²) in [7, 11) is 2.91. The molecule has 27 heavy (non-hydrogen) atoms. The van der Waals surface area contributed by atoms with E-state index >= 15 is 0 Å². The van der Waals surface area contributed by atoms with Crippen LogP contribution in [0.2, 0.25) is 5.02 Å². The molecule has 0 atom stereocenters. The Morgan fingerprint density at radius 3 is 2.33 bits per heavy atom. The molecule has 0 saturated heterocycles. The summed E-state index contributed by atoms with van der Waals surface area (Å²) in [6.07, 6.45) is 0. The quantitative estimate of drug-likeness (QED) is 0.733. The van der Waals surface area contributed by atoms with Gasteiger partial charge in [0.15, 0.2) is 6.61 Å². The molecule has 0 aliphatic heterocycles. The third kappa shape index (κ3) is 5.89. The molecule has 0 heterocycles. The number of amides is 3. The van der Waals surface area contributed by atoms with Crippen molar-refractivity contribution in [3.63, 3.8) is 0 Å². The average molecular weight is 393 g/mol. The standard InChI is InChI=1S/C18H17ClN2O6/c1-25-13-6-4-12(5-7-13)20-18(24)21-16(22)10-27-17(23)14-9-11(19)3-8-15(14)26-2/h3-9H,10H2,1-2H3,(H2,20,21,22,24). The maximum atomic E-state index is 12.1. The number of ether oxygens (including phenoxy) is 3. The number of hydrogen-bond acceptors (Lipinski definition) is 6. The minimum Gasteiger partial charge on any atom is -0.497 e. The van der Waals surface area contributed by atoms with E-state index in [-0.39, 0.29) is 11.3 Å². The van der Waals surface area contributed by atoms with Gasteiger partial charge in [0.05, 0.1) is 14.2 Å². The molecule has 8 nitrogen and oxygen atoms in total. The van der Waals surface area contributed by atoms with Crippen LogP contribution in [0.15, 0.2) is 42.5 Å². The fourth-order valence-electron chi connectivity index (χ4n) is 2.05. The molecule has 2 N–H and O–H groups in total. The Labute approximate surface area is 160 Å². The van der Waals surface area contributed by atoms with Crippen LogP contribution < -0.4 is 20.1 Å². The Balaban J connectivity index is 1.85. The number of carbonyl (C=O) groups is 3. The zero-order valence-electron chi connectivity index (χ0n) is 14.6. The Morgan fingerprint density at radius 2 is 1.70 bits per heavy atom. The summed E-state index contributed by atoms with van der Waals surface area (Å²) in [6, 6.07) is 10.2. The summed E-state index contributed by atoms with van der Waals surface area (Å²) in [4.78, 5) is 35.6. The molecular formula is C18H17ClN2O6. The average Bonchev–Trinajstić information content (AvgIpc) is 2.66. The highest BCUT2D eigenvalue weighted by Crippen LogP contribution is 2.23. The van der Waals surface area contributed by atoms with Crippen LogP contribution >= 0.6 is 11.6 Å². The molecule has 3 amide bonds. The number of rotatable bonds is 6. The van der Waals surface area contributed by atoms with Crippen LogP contribution in [0.4, 0.5) is 10.5 Å². The lowest BCUT2D eigenvalue weighted by atomic mass is 10.2. The van der Waals surface area contributed by atoms with Crippen LogP contribution in [0.1, 0.15) is 10.4 Å². The molecule has 142 valence electrons. The first-order chi connectivity index (χ1) is 12.9. The van der Waals surface area contributed by atoms with Gasteiger partial charge in [-0.05, 0) is 42.5 Å². The van der Waals surface area contributed by atoms with E-state index in [4.69, 9.17) is 25.8 Å². The maximum absolute atomic E-state index is 12.1. The van der Waals surface area contributed by atoms with E-state index in [1.807, 2.05) is 5.32 Å². The SMILES string of the molecule is COc1ccc(NC(=O)NC(=O)COC(=O)c2cc(Cl)ccc2OC)cc1. The largest absolute Gasteiger partial charge is 0.497 e. The first-order valence-corrected chi connectivity index (χ1v) is 8.06. The molecule has 0 aliphatic carbocycles. The summed E-state index contributed by atoms with van der Waals surface area (Å²) in [5.74, 6) is -0.724. The summed E-state index contributed by atoms with van der Waals surface area (Å²) in [5.41, 5.74) is 0.530. The van der Waals surface area contributed by atoms with Gasteiger partial charge in [-0.2, -0.15) is 0 Å². The van der Waals surface area contributed by atoms with Crippen LogP contribution in [0, 0.1) is 0 Å². The van der Waals surface area contributed by atoms with Gasteiger partial charge >= 0.3 is 12.0 Å². The van der Waals surface area contributed by atoms with Crippen LogP contribution in [-0.2, 0) is 9.53 Å². The van der Waals surface area contributed by atoms with E-state index in [0.29, 0.717) is 16.5 Å². The first kappa shape index (κ1) is 20.1. The molecule has 9 heteroatoms. The Bertz CT molecular complexity index is 838. The molecule has 0 unspecified atom stereocenters. The van der Waals surface area contributed by atoms with Crippen LogP contribution in [0.3, 0.4) is 0 Å². The van der Waals surface area contributed by atoms with Gasteiger partial charge in [0, 0.05) is 10.7 Å². The van der Waals surface area contributed by atoms with Crippen LogP contribution in [0.25, 0.3) is 0 Å². The normalized spacial score (nSPS) is 9.89. The fraction of sp³-hybridized carbons (Fsp3) is 0.167. The van der Waals surface area contributed by atoms with Crippen molar-refractivity contribution in [3.05, 3.63) is 53.1 Å². The van der Waals surface area contributed by atoms with E-state index in [9.17, 15) is 14.4 Å². The number of esters is 1. The van der Waals surface area contributed by atoms with Gasteiger partial charge in [-0.25, -0.2) is 9.59 Å². The maximum Gasteiger partial charge on any atom is 0.342 e. The number of imide groups is 1. The number of anilines is 1. The number of methoxy groups -OCH3 is 2. The van der Waals surface area contributed by atoms with Gasteiger partial charge in [0.1, 0.15) is 17.1 Å². The van der Waals surface area contributed by atoms with Gasteiger partial charge in [-0.3, -0.25) is 10.1 Å². The van der Waals surface area contributed by atoms with Crippen LogP contribution in [-0.4, -0.2) is 38.7 Å². The molecule has 2 aromatic rings. The number of benzene rings is 2. The molecule has 0 fully saturated rings. The molecule has 2 aromatic carbocycles. The molecule has 2 rings (SSSR count). The van der Waals surface area contributed by atoms with E-state index < -0.39 is 24.5 Å². The second kappa shape index (κ2) is 9.44. The summed E-state index contributed by atoms with van der Waals surface area (Å²) < 4.78 is 14.9. The molecule has 0 spiro atoms. The highest BCUT2D eigenvalue weighted by atomic mass is 35.5. The number of urea groups is 1. The molecular weight excluding hydrogens is 376 g/mol. The van der Waals surface area contributed by atoms with Gasteiger partial charge in [0.2, 0.25) is 0 Å². The Morgan fingerprint density at radius 1 is 1.00 bits per heavy atom. The summed E-state index contributed by atoms with van der Waals surface area (Å²) in [5, 5.41) is 4.83. The van der Waals surface area contributed by atoms with Gasteiger partial charge in [-0.1, -0.05) is 11.6 Å². The molecule has 0 radical (unpaired) electrons. The first-order valence-electron chi connectivity index (χ1n) is 7.68. The lowest BCUT2D eigenvalue weighted by molar-refractivity contribution is -0.123. The van der Waals surface area contributed by atoms with Crippen molar-refractivity contribution in [2.75, 3.05) is 26.1 Å². The van der Waals surface area contributed by atoms with E-state index in [1.54, 1.807) is 30.3 Å². The van der Waals surface area contributed by atoms with E-state index in [2.05, 4.69) is 5.32 Å². The Kier molecular flexibility index (Phi) is 7.01. The van der Waals surface area contributed by atoms with Crippen molar-refractivity contribution in [2.45, 2.75) is 0 Å². The van der Waals surface area contributed by atoms with Crippen molar-refractivity contribution in [3.8, 4) is 11.5 Å². The van der Waals surface area contributed by atoms with E-state index in [0.717, 1.165) is 0 Å². The number of hydrogen-bond donors (Lipinski definition) is 2. The van der Waals surface area contributed by atoms with E-state index in [1.165, 1.54) is 26.4 Å². The van der Waals surface area contributed by atoms with Gasteiger partial charge in [0.25, 0.3) is 5.91 Å². The minimum absolute atomic E-state index is 0.0699. The predicted octanol–water partition coefficient (Wildman–Crippen LogP) is 2.86. The number of halogens is 1. The second-order valence-corrected chi connectivity index (χ2v) is 5.59. The number of nitrogens with one attached hydrogen (secondary N) is 2. The molecule has 0 bridgehead atoms. The fourth-order valence-corrected chi connectivity index (χ4v) is 2.22. The molecule has 0 aromatic heterocycles. The Hall–Kier alpha value is -3.26.